The summed E-state index contributed by atoms with van der Waals surface area (Å²) < 4.78 is 6.74. The van der Waals surface area contributed by atoms with Crippen molar-refractivity contribution in [3.05, 3.63) is 28.2 Å². The molecule has 5 N–H and O–H groups in total. The van der Waals surface area contributed by atoms with E-state index >= 15 is 0 Å². The second-order valence-corrected chi connectivity index (χ2v) is 6.30. The van der Waals surface area contributed by atoms with Crippen molar-refractivity contribution in [3.63, 3.8) is 0 Å². The van der Waals surface area contributed by atoms with Gasteiger partial charge in [-0.3, -0.25) is 4.79 Å². The fourth-order valence-corrected chi connectivity index (χ4v) is 2.91. The molecule has 0 bridgehead atoms. The standard InChI is InChI=1S/C15H22BrN3O2/c16-10-1-6-13(15(18)20)14(9-10)19-7-8-21-12-4-2-11(17)3-5-12/h1,6,9,11-12,19H,2-5,7-8,17H2,(H2,18,20). The van der Waals surface area contributed by atoms with Crippen molar-refractivity contribution in [1.29, 1.82) is 0 Å². The van der Waals surface area contributed by atoms with Crippen molar-refractivity contribution >= 4 is 27.5 Å². The Kier molecular flexibility index (Phi) is 6.02. The zero-order chi connectivity index (χ0) is 15.2. The van der Waals surface area contributed by atoms with Crippen LogP contribution >= 0.6 is 15.9 Å². The predicted octanol–water partition coefficient (Wildman–Crippen LogP) is 2.25. The number of primary amides is 1. The average molecular weight is 356 g/mol. The summed E-state index contributed by atoms with van der Waals surface area (Å²) in [6.45, 7) is 1.24. The number of carbonyl (C=O) groups is 1. The monoisotopic (exact) mass is 355 g/mol. The lowest BCUT2D eigenvalue weighted by atomic mass is 9.94. The van der Waals surface area contributed by atoms with E-state index in [9.17, 15) is 4.79 Å². The summed E-state index contributed by atoms with van der Waals surface area (Å²) in [5.41, 5.74) is 12.4. The van der Waals surface area contributed by atoms with Gasteiger partial charge in [-0.25, -0.2) is 0 Å². The topological polar surface area (TPSA) is 90.4 Å². The van der Waals surface area contributed by atoms with Crippen molar-refractivity contribution in [3.8, 4) is 0 Å². The lowest BCUT2D eigenvalue weighted by molar-refractivity contribution is 0.0313. The molecule has 1 aromatic carbocycles. The van der Waals surface area contributed by atoms with Crippen LogP contribution in [0.3, 0.4) is 0 Å². The van der Waals surface area contributed by atoms with Crippen molar-refractivity contribution < 1.29 is 9.53 Å². The summed E-state index contributed by atoms with van der Waals surface area (Å²) in [5.74, 6) is -0.438. The van der Waals surface area contributed by atoms with Crippen molar-refractivity contribution in [2.24, 2.45) is 11.5 Å². The van der Waals surface area contributed by atoms with E-state index < -0.39 is 5.91 Å². The molecule has 1 aliphatic rings. The number of rotatable bonds is 6. The zero-order valence-corrected chi connectivity index (χ0v) is 13.6. The minimum Gasteiger partial charge on any atom is -0.382 e. The molecule has 0 aromatic heterocycles. The van der Waals surface area contributed by atoms with E-state index in [2.05, 4.69) is 21.2 Å². The molecule has 0 heterocycles. The highest BCUT2D eigenvalue weighted by Gasteiger charge is 2.18. The number of amides is 1. The van der Waals surface area contributed by atoms with Gasteiger partial charge in [0.25, 0.3) is 5.91 Å². The van der Waals surface area contributed by atoms with E-state index in [-0.39, 0.29) is 0 Å². The number of halogens is 1. The molecular formula is C15H22BrN3O2. The Balaban J connectivity index is 1.78. The van der Waals surface area contributed by atoms with Gasteiger partial charge in [0.05, 0.1) is 18.3 Å². The summed E-state index contributed by atoms with van der Waals surface area (Å²) in [4.78, 5) is 11.4. The summed E-state index contributed by atoms with van der Waals surface area (Å²) in [6, 6.07) is 5.69. The first-order valence-corrected chi connectivity index (χ1v) is 8.06. The maximum absolute atomic E-state index is 11.4. The van der Waals surface area contributed by atoms with Gasteiger partial charge in [0.1, 0.15) is 0 Å². The van der Waals surface area contributed by atoms with Crippen LogP contribution < -0.4 is 16.8 Å². The maximum Gasteiger partial charge on any atom is 0.250 e. The molecule has 116 valence electrons. The third kappa shape index (κ3) is 4.98. The molecule has 1 aromatic rings. The van der Waals surface area contributed by atoms with Crippen molar-refractivity contribution in [1.82, 2.24) is 0 Å². The summed E-state index contributed by atoms with van der Waals surface area (Å²) in [6.07, 6.45) is 4.45. The molecule has 1 amide bonds. The predicted molar refractivity (Wildman–Crippen MR) is 87.3 cm³/mol. The Morgan fingerprint density at radius 3 is 2.71 bits per heavy atom. The first-order valence-electron chi connectivity index (χ1n) is 7.26. The molecule has 6 heteroatoms. The lowest BCUT2D eigenvalue weighted by Crippen LogP contribution is -2.31. The minimum absolute atomic E-state index is 0.310. The van der Waals surface area contributed by atoms with Crippen LogP contribution in [0, 0.1) is 0 Å². The van der Waals surface area contributed by atoms with Gasteiger partial charge in [-0.15, -0.1) is 0 Å². The van der Waals surface area contributed by atoms with Crippen LogP contribution in [-0.4, -0.2) is 31.2 Å². The van der Waals surface area contributed by atoms with E-state index in [1.165, 1.54) is 0 Å². The molecule has 21 heavy (non-hydrogen) atoms. The Bertz CT molecular complexity index is 488. The van der Waals surface area contributed by atoms with E-state index in [1.807, 2.05) is 6.07 Å². The van der Waals surface area contributed by atoms with Gasteiger partial charge in [0.2, 0.25) is 0 Å². The molecule has 0 atom stereocenters. The molecule has 5 nitrogen and oxygen atoms in total. The van der Waals surface area contributed by atoms with Crippen LogP contribution in [-0.2, 0) is 4.74 Å². The quantitative estimate of drug-likeness (QED) is 0.682. The Labute approximate surface area is 133 Å². The van der Waals surface area contributed by atoms with Gasteiger partial charge in [-0.2, -0.15) is 0 Å². The van der Waals surface area contributed by atoms with E-state index in [4.69, 9.17) is 16.2 Å². The Hall–Kier alpha value is -1.11. The molecule has 0 spiro atoms. The van der Waals surface area contributed by atoms with Gasteiger partial charge in [-0.05, 0) is 43.9 Å². The largest absolute Gasteiger partial charge is 0.382 e. The summed E-state index contributed by atoms with van der Waals surface area (Å²) >= 11 is 3.39. The molecule has 0 unspecified atom stereocenters. The highest BCUT2D eigenvalue weighted by atomic mass is 79.9. The first-order chi connectivity index (χ1) is 10.1. The normalized spacial score (nSPS) is 22.0. The number of hydrogen-bond acceptors (Lipinski definition) is 4. The van der Waals surface area contributed by atoms with Crippen molar-refractivity contribution in [2.75, 3.05) is 18.5 Å². The highest BCUT2D eigenvalue weighted by molar-refractivity contribution is 9.10. The number of hydrogen-bond donors (Lipinski definition) is 3. The Morgan fingerprint density at radius 2 is 2.05 bits per heavy atom. The second kappa shape index (κ2) is 7.77. The van der Waals surface area contributed by atoms with E-state index in [0.29, 0.717) is 30.9 Å². The van der Waals surface area contributed by atoms with Crippen LogP contribution in [0.25, 0.3) is 0 Å². The third-order valence-corrected chi connectivity index (χ3v) is 4.23. The van der Waals surface area contributed by atoms with Gasteiger partial charge in [0.15, 0.2) is 0 Å². The van der Waals surface area contributed by atoms with Crippen LogP contribution in [0.2, 0.25) is 0 Å². The van der Waals surface area contributed by atoms with E-state index in [1.54, 1.807) is 12.1 Å². The Morgan fingerprint density at radius 1 is 1.33 bits per heavy atom. The van der Waals surface area contributed by atoms with E-state index in [0.717, 1.165) is 35.8 Å². The smallest absolute Gasteiger partial charge is 0.250 e. The summed E-state index contributed by atoms with van der Waals surface area (Å²) in [5, 5.41) is 3.20. The molecule has 0 radical (unpaired) electrons. The molecular weight excluding hydrogens is 334 g/mol. The fourth-order valence-electron chi connectivity index (χ4n) is 2.54. The molecule has 2 rings (SSSR count). The van der Waals surface area contributed by atoms with Crippen LogP contribution in [0.4, 0.5) is 5.69 Å². The van der Waals surface area contributed by atoms with Crippen LogP contribution in [0.1, 0.15) is 36.0 Å². The van der Waals surface area contributed by atoms with Crippen LogP contribution in [0.5, 0.6) is 0 Å². The molecule has 0 saturated heterocycles. The second-order valence-electron chi connectivity index (χ2n) is 5.39. The number of benzene rings is 1. The highest BCUT2D eigenvalue weighted by Crippen LogP contribution is 2.22. The average Bonchev–Trinajstić information content (AvgIpc) is 2.45. The lowest BCUT2D eigenvalue weighted by Gasteiger charge is -2.26. The number of nitrogens with one attached hydrogen (secondary N) is 1. The number of anilines is 1. The fraction of sp³-hybridized carbons (Fsp3) is 0.533. The minimum atomic E-state index is -0.438. The number of nitrogens with two attached hydrogens (primary N) is 2. The molecule has 1 aliphatic carbocycles. The maximum atomic E-state index is 11.4. The third-order valence-electron chi connectivity index (χ3n) is 3.74. The summed E-state index contributed by atoms with van der Waals surface area (Å²) in [7, 11) is 0. The van der Waals surface area contributed by atoms with Gasteiger partial charge < -0.3 is 21.5 Å². The molecule has 1 fully saturated rings. The SMILES string of the molecule is NC(=O)c1ccc(Br)cc1NCCOC1CCC(N)CC1. The first kappa shape index (κ1) is 16.3. The molecule has 1 saturated carbocycles. The molecule has 0 aliphatic heterocycles. The number of carbonyl (C=O) groups excluding carboxylic acids is 1. The van der Waals surface area contributed by atoms with Gasteiger partial charge >= 0.3 is 0 Å². The zero-order valence-electron chi connectivity index (χ0n) is 12.0. The van der Waals surface area contributed by atoms with Gasteiger partial charge in [0, 0.05) is 22.7 Å². The van der Waals surface area contributed by atoms with Crippen LogP contribution in [0.15, 0.2) is 22.7 Å². The van der Waals surface area contributed by atoms with Gasteiger partial charge in [-0.1, -0.05) is 15.9 Å². The number of ether oxygens (including phenoxy) is 1. The van der Waals surface area contributed by atoms with Crippen molar-refractivity contribution in [2.45, 2.75) is 37.8 Å².